The van der Waals surface area contributed by atoms with Crippen molar-refractivity contribution in [1.29, 1.82) is 0 Å². The van der Waals surface area contributed by atoms with Crippen molar-refractivity contribution in [3.8, 4) is 22.9 Å². The maximum atomic E-state index is 12.3. The smallest absolute Gasteiger partial charge is 0.325 e. The van der Waals surface area contributed by atoms with Gasteiger partial charge in [-0.05, 0) is 31.2 Å². The van der Waals surface area contributed by atoms with Gasteiger partial charge in [0.25, 0.3) is 11.8 Å². The van der Waals surface area contributed by atoms with Crippen LogP contribution in [-0.4, -0.2) is 42.3 Å². The molecule has 0 unspecified atom stereocenters. The number of carbonyl (C=O) groups excluding carboxylic acids is 2. The molecule has 0 aliphatic carbocycles. The molecule has 2 aromatic carbocycles. The molecule has 0 fully saturated rings. The van der Waals surface area contributed by atoms with Crippen LogP contribution in [0.4, 0.5) is 0 Å². The van der Waals surface area contributed by atoms with Crippen LogP contribution in [0.3, 0.4) is 0 Å². The molecule has 1 aromatic heterocycles. The van der Waals surface area contributed by atoms with Gasteiger partial charge in [0.05, 0.1) is 24.8 Å². The number of nitrogens with one attached hydrogen (secondary N) is 1. The van der Waals surface area contributed by atoms with Crippen molar-refractivity contribution in [3.63, 3.8) is 0 Å². The van der Waals surface area contributed by atoms with Gasteiger partial charge in [0.15, 0.2) is 6.61 Å². The molecule has 1 heterocycles. The molecule has 0 bridgehead atoms. The molecule has 1 N–H and O–H groups in total. The molecule has 0 saturated heterocycles. The topological polar surface area (TPSA) is 113 Å². The average Bonchev–Trinajstić information content (AvgIpc) is 3.25. The summed E-state index contributed by atoms with van der Waals surface area (Å²) in [6.07, 6.45) is 0. The Bertz CT molecular complexity index is 1020. The van der Waals surface area contributed by atoms with E-state index in [2.05, 4.69) is 15.5 Å². The Kier molecular flexibility index (Phi) is 6.99. The Hall–Kier alpha value is -3.88. The number of hydrogen-bond donors (Lipinski definition) is 1. The number of rotatable bonds is 9. The second-order valence-corrected chi connectivity index (χ2v) is 5.98. The van der Waals surface area contributed by atoms with E-state index in [0.29, 0.717) is 35.1 Å². The fourth-order valence-corrected chi connectivity index (χ4v) is 2.63. The number of benzene rings is 2. The molecular formula is C21H21N3O6. The van der Waals surface area contributed by atoms with Gasteiger partial charge < -0.3 is 24.1 Å². The quantitative estimate of drug-likeness (QED) is 0.535. The molecule has 3 aromatic rings. The molecule has 9 nitrogen and oxygen atoms in total. The van der Waals surface area contributed by atoms with Crippen LogP contribution in [-0.2, 0) is 16.1 Å². The number of aromatic nitrogens is 2. The fraction of sp³-hybridized carbons (Fsp3) is 0.238. The molecule has 0 atom stereocenters. The summed E-state index contributed by atoms with van der Waals surface area (Å²) in [7, 11) is 1.54. The number of amides is 1. The fourth-order valence-electron chi connectivity index (χ4n) is 2.63. The highest BCUT2D eigenvalue weighted by molar-refractivity contribution is 5.98. The van der Waals surface area contributed by atoms with Gasteiger partial charge in [0.1, 0.15) is 18.0 Å². The summed E-state index contributed by atoms with van der Waals surface area (Å²) in [6.45, 7) is 1.72. The number of carbonyl (C=O) groups is 2. The Balaban J connectivity index is 1.52. The Morgan fingerprint density at radius 1 is 1.07 bits per heavy atom. The first-order chi connectivity index (χ1) is 14.6. The van der Waals surface area contributed by atoms with Crippen molar-refractivity contribution >= 4 is 11.9 Å². The van der Waals surface area contributed by atoms with Crippen LogP contribution in [0.1, 0.15) is 23.2 Å². The average molecular weight is 411 g/mol. The lowest BCUT2D eigenvalue weighted by Gasteiger charge is -2.10. The highest BCUT2D eigenvalue weighted by Gasteiger charge is 2.16. The van der Waals surface area contributed by atoms with E-state index < -0.39 is 11.9 Å². The van der Waals surface area contributed by atoms with E-state index in [1.165, 1.54) is 0 Å². The molecule has 3 rings (SSSR count). The van der Waals surface area contributed by atoms with Gasteiger partial charge in [-0.2, -0.15) is 4.98 Å². The van der Waals surface area contributed by atoms with Crippen molar-refractivity contribution in [2.45, 2.75) is 13.5 Å². The monoisotopic (exact) mass is 411 g/mol. The molecule has 0 radical (unpaired) electrons. The molecule has 0 spiro atoms. The summed E-state index contributed by atoms with van der Waals surface area (Å²) in [5.74, 6) is 0.399. The second kappa shape index (κ2) is 10.1. The highest BCUT2D eigenvalue weighted by Crippen LogP contribution is 2.27. The Morgan fingerprint density at radius 3 is 2.57 bits per heavy atom. The molecule has 0 saturated carbocycles. The maximum absolute atomic E-state index is 12.3. The molecule has 0 aliphatic heterocycles. The predicted molar refractivity (Wildman–Crippen MR) is 106 cm³/mol. The summed E-state index contributed by atoms with van der Waals surface area (Å²) in [6, 6.07) is 14.0. The van der Waals surface area contributed by atoms with E-state index in [0.717, 1.165) is 0 Å². The van der Waals surface area contributed by atoms with Gasteiger partial charge in [-0.1, -0.05) is 29.4 Å². The Labute approximate surface area is 172 Å². The van der Waals surface area contributed by atoms with E-state index in [1.54, 1.807) is 43.5 Å². The van der Waals surface area contributed by atoms with Crippen LogP contribution in [0.15, 0.2) is 53.1 Å². The molecule has 9 heteroatoms. The van der Waals surface area contributed by atoms with Crippen LogP contribution < -0.4 is 14.8 Å². The largest absolute Gasteiger partial charge is 0.496 e. The minimum atomic E-state index is -0.644. The lowest BCUT2D eigenvalue weighted by atomic mass is 10.2. The number of para-hydroxylation sites is 2. The summed E-state index contributed by atoms with van der Waals surface area (Å²) in [4.78, 5) is 28.4. The molecule has 0 aliphatic rings. The summed E-state index contributed by atoms with van der Waals surface area (Å²) in [5, 5.41) is 6.38. The van der Waals surface area contributed by atoms with Crippen molar-refractivity contribution in [1.82, 2.24) is 15.5 Å². The van der Waals surface area contributed by atoms with Crippen LogP contribution in [0.5, 0.6) is 11.5 Å². The zero-order chi connectivity index (χ0) is 21.3. The van der Waals surface area contributed by atoms with Gasteiger partial charge >= 0.3 is 5.97 Å². The second-order valence-electron chi connectivity index (χ2n) is 5.98. The third-order valence-corrected chi connectivity index (χ3v) is 4.00. The van der Waals surface area contributed by atoms with Gasteiger partial charge in [-0.25, -0.2) is 0 Å². The molecule has 1 amide bonds. The van der Waals surface area contributed by atoms with Crippen LogP contribution in [0.2, 0.25) is 0 Å². The predicted octanol–water partition coefficient (Wildman–Crippen LogP) is 2.62. The summed E-state index contributed by atoms with van der Waals surface area (Å²) in [5.41, 5.74) is 0.993. The van der Waals surface area contributed by atoms with E-state index in [9.17, 15) is 9.59 Å². The summed E-state index contributed by atoms with van der Waals surface area (Å²) >= 11 is 0. The van der Waals surface area contributed by atoms with E-state index in [-0.39, 0.29) is 19.0 Å². The van der Waals surface area contributed by atoms with Gasteiger partial charge in [0, 0.05) is 0 Å². The summed E-state index contributed by atoms with van der Waals surface area (Å²) < 4.78 is 20.9. The van der Waals surface area contributed by atoms with Crippen molar-refractivity contribution in [2.24, 2.45) is 0 Å². The van der Waals surface area contributed by atoms with Gasteiger partial charge in [-0.3, -0.25) is 9.59 Å². The first-order valence-corrected chi connectivity index (χ1v) is 9.24. The first kappa shape index (κ1) is 20.8. The highest BCUT2D eigenvalue weighted by atomic mass is 16.6. The number of hydrogen-bond acceptors (Lipinski definition) is 8. The minimum absolute atomic E-state index is 0.122. The SMILES string of the molecule is CCOc1ccccc1C(=O)NCC(=O)OCc1nc(-c2ccccc2OC)no1. The third-order valence-electron chi connectivity index (χ3n) is 4.00. The lowest BCUT2D eigenvalue weighted by molar-refractivity contribution is -0.144. The first-order valence-electron chi connectivity index (χ1n) is 9.24. The lowest BCUT2D eigenvalue weighted by Crippen LogP contribution is -2.30. The van der Waals surface area contributed by atoms with Gasteiger partial charge in [0.2, 0.25) is 5.82 Å². The number of nitrogens with zero attached hydrogens (tertiary/aromatic N) is 2. The molecule has 156 valence electrons. The van der Waals surface area contributed by atoms with E-state index >= 15 is 0 Å². The zero-order valence-electron chi connectivity index (χ0n) is 16.6. The number of esters is 1. The maximum Gasteiger partial charge on any atom is 0.325 e. The number of methoxy groups -OCH3 is 1. The minimum Gasteiger partial charge on any atom is -0.496 e. The van der Waals surface area contributed by atoms with Crippen LogP contribution in [0, 0.1) is 0 Å². The standard InChI is InChI=1S/C21H21N3O6/c1-3-28-17-11-7-5-9-15(17)21(26)22-12-19(25)29-13-18-23-20(24-30-18)14-8-4-6-10-16(14)27-2/h4-11H,3,12-13H2,1-2H3,(H,22,26). The van der Waals surface area contributed by atoms with Crippen LogP contribution >= 0.6 is 0 Å². The van der Waals surface area contributed by atoms with Crippen molar-refractivity contribution in [2.75, 3.05) is 20.3 Å². The third kappa shape index (κ3) is 5.13. The molecular weight excluding hydrogens is 390 g/mol. The number of ether oxygens (including phenoxy) is 3. The van der Waals surface area contributed by atoms with Crippen molar-refractivity contribution in [3.05, 3.63) is 60.0 Å². The Morgan fingerprint density at radius 2 is 1.80 bits per heavy atom. The normalized spacial score (nSPS) is 10.3. The zero-order valence-corrected chi connectivity index (χ0v) is 16.6. The van der Waals surface area contributed by atoms with Crippen molar-refractivity contribution < 1.29 is 28.3 Å². The van der Waals surface area contributed by atoms with Gasteiger partial charge in [-0.15, -0.1) is 0 Å². The van der Waals surface area contributed by atoms with Crippen LogP contribution in [0.25, 0.3) is 11.4 Å². The van der Waals surface area contributed by atoms with E-state index in [1.807, 2.05) is 19.1 Å². The molecule has 30 heavy (non-hydrogen) atoms. The van der Waals surface area contributed by atoms with E-state index in [4.69, 9.17) is 18.7 Å².